The number of benzene rings is 1. The van der Waals surface area contributed by atoms with E-state index in [1.165, 1.54) is 0 Å². The van der Waals surface area contributed by atoms with Crippen LogP contribution in [0.25, 0.3) is 0 Å². The Kier molecular flexibility index (Phi) is 3.33. The van der Waals surface area contributed by atoms with Gasteiger partial charge in [-0.2, -0.15) is 0 Å². The van der Waals surface area contributed by atoms with Gasteiger partial charge in [0.1, 0.15) is 6.10 Å². The SMILES string of the molecule is C[C@@H]1Oc2ccccc2O[C@@H]1C(=O)NC1=NCCS1. The van der Waals surface area contributed by atoms with E-state index in [2.05, 4.69) is 10.3 Å². The number of nitrogens with one attached hydrogen (secondary N) is 1. The number of thioether (sulfide) groups is 1. The Morgan fingerprint density at radius 1 is 1.37 bits per heavy atom. The highest BCUT2D eigenvalue weighted by Gasteiger charge is 2.34. The van der Waals surface area contributed by atoms with E-state index >= 15 is 0 Å². The summed E-state index contributed by atoms with van der Waals surface area (Å²) in [5.41, 5.74) is 0. The van der Waals surface area contributed by atoms with Crippen molar-refractivity contribution in [3.05, 3.63) is 24.3 Å². The fourth-order valence-electron chi connectivity index (χ4n) is 1.99. The minimum Gasteiger partial charge on any atom is -0.482 e. The lowest BCUT2D eigenvalue weighted by atomic mass is 10.1. The van der Waals surface area contributed by atoms with Crippen LogP contribution in [0, 0.1) is 0 Å². The molecule has 0 spiro atoms. The first-order valence-electron chi connectivity index (χ1n) is 6.14. The number of hydrogen-bond donors (Lipinski definition) is 1. The van der Waals surface area contributed by atoms with Gasteiger partial charge in [-0.3, -0.25) is 9.79 Å². The molecule has 5 nitrogen and oxygen atoms in total. The minimum atomic E-state index is -0.654. The van der Waals surface area contributed by atoms with Crippen molar-refractivity contribution in [2.45, 2.75) is 19.1 Å². The van der Waals surface area contributed by atoms with Crippen molar-refractivity contribution in [1.29, 1.82) is 0 Å². The van der Waals surface area contributed by atoms with Gasteiger partial charge in [-0.15, -0.1) is 0 Å². The molecule has 0 saturated carbocycles. The first-order valence-corrected chi connectivity index (χ1v) is 7.13. The van der Waals surface area contributed by atoms with Crippen molar-refractivity contribution in [3.63, 3.8) is 0 Å². The van der Waals surface area contributed by atoms with Gasteiger partial charge in [0, 0.05) is 5.75 Å². The van der Waals surface area contributed by atoms with Crippen molar-refractivity contribution in [2.24, 2.45) is 4.99 Å². The Morgan fingerprint density at radius 2 is 2.11 bits per heavy atom. The normalized spacial score (nSPS) is 24.8. The molecule has 6 heteroatoms. The van der Waals surface area contributed by atoms with E-state index in [1.54, 1.807) is 17.8 Å². The zero-order valence-corrected chi connectivity index (χ0v) is 11.3. The second-order valence-corrected chi connectivity index (χ2v) is 5.42. The van der Waals surface area contributed by atoms with Gasteiger partial charge >= 0.3 is 0 Å². The summed E-state index contributed by atoms with van der Waals surface area (Å²) in [4.78, 5) is 16.4. The number of amides is 1. The number of nitrogens with zero attached hydrogens (tertiary/aromatic N) is 1. The average molecular weight is 278 g/mol. The Morgan fingerprint density at radius 3 is 2.79 bits per heavy atom. The van der Waals surface area contributed by atoms with E-state index < -0.39 is 6.10 Å². The zero-order valence-electron chi connectivity index (χ0n) is 10.5. The second-order valence-electron chi connectivity index (χ2n) is 4.33. The number of amidine groups is 1. The van der Waals surface area contributed by atoms with Gasteiger partial charge in [0.15, 0.2) is 16.7 Å². The van der Waals surface area contributed by atoms with Crippen molar-refractivity contribution in [2.75, 3.05) is 12.3 Å². The molecule has 2 aliphatic heterocycles. The summed E-state index contributed by atoms with van der Waals surface area (Å²) >= 11 is 1.54. The highest BCUT2D eigenvalue weighted by atomic mass is 32.2. The molecule has 0 fully saturated rings. The molecule has 2 aliphatic rings. The summed E-state index contributed by atoms with van der Waals surface area (Å²) in [7, 11) is 0. The van der Waals surface area contributed by atoms with Crippen LogP contribution in [-0.2, 0) is 4.79 Å². The number of carbonyl (C=O) groups excluding carboxylic acids is 1. The zero-order chi connectivity index (χ0) is 13.2. The van der Waals surface area contributed by atoms with Gasteiger partial charge < -0.3 is 14.8 Å². The van der Waals surface area contributed by atoms with Crippen LogP contribution in [0.15, 0.2) is 29.3 Å². The quantitative estimate of drug-likeness (QED) is 0.844. The first-order chi connectivity index (χ1) is 9.24. The summed E-state index contributed by atoms with van der Waals surface area (Å²) < 4.78 is 11.4. The Bertz CT molecular complexity index is 532. The number of ether oxygens (including phenoxy) is 2. The van der Waals surface area contributed by atoms with Crippen LogP contribution in [0.2, 0.25) is 0 Å². The maximum atomic E-state index is 12.2. The van der Waals surface area contributed by atoms with Crippen LogP contribution in [0.5, 0.6) is 11.5 Å². The van der Waals surface area contributed by atoms with Crippen LogP contribution in [-0.4, -0.2) is 35.6 Å². The van der Waals surface area contributed by atoms with Gasteiger partial charge in [-0.25, -0.2) is 0 Å². The van der Waals surface area contributed by atoms with Gasteiger partial charge in [0.25, 0.3) is 5.91 Å². The first kappa shape index (κ1) is 12.3. The lowest BCUT2D eigenvalue weighted by molar-refractivity contribution is -0.131. The minimum absolute atomic E-state index is 0.213. The smallest absolute Gasteiger partial charge is 0.270 e. The number of fused-ring (bicyclic) bond motifs is 1. The van der Waals surface area contributed by atoms with Crippen LogP contribution < -0.4 is 14.8 Å². The molecule has 3 rings (SSSR count). The Labute approximate surface area is 115 Å². The fraction of sp³-hybridized carbons (Fsp3) is 0.385. The lowest BCUT2D eigenvalue weighted by Gasteiger charge is -2.30. The number of hydrogen-bond acceptors (Lipinski definition) is 5. The van der Waals surface area contributed by atoms with Gasteiger partial charge in [0.2, 0.25) is 6.10 Å². The van der Waals surface area contributed by atoms with E-state index in [0.29, 0.717) is 16.7 Å². The third-order valence-corrected chi connectivity index (χ3v) is 3.81. The molecule has 2 atom stereocenters. The third kappa shape index (κ3) is 2.53. The summed E-state index contributed by atoms with van der Waals surface area (Å²) in [6.07, 6.45) is -0.985. The monoisotopic (exact) mass is 278 g/mol. The molecule has 0 saturated heterocycles. The molecular formula is C13H14N2O3S. The van der Waals surface area contributed by atoms with Crippen LogP contribution in [0.3, 0.4) is 0 Å². The lowest BCUT2D eigenvalue weighted by Crippen LogP contribution is -2.49. The molecule has 19 heavy (non-hydrogen) atoms. The molecule has 0 unspecified atom stereocenters. The summed E-state index contributed by atoms with van der Waals surface area (Å²) in [6, 6.07) is 7.35. The molecule has 1 aromatic carbocycles. The summed E-state index contributed by atoms with van der Waals surface area (Å²) in [5.74, 6) is 1.97. The third-order valence-electron chi connectivity index (χ3n) is 2.92. The molecule has 0 radical (unpaired) electrons. The van der Waals surface area contributed by atoms with E-state index in [4.69, 9.17) is 9.47 Å². The van der Waals surface area contributed by atoms with Crippen molar-refractivity contribution in [1.82, 2.24) is 5.32 Å². The standard InChI is InChI=1S/C13H14N2O3S/c1-8-11(12(16)15-13-14-6-7-19-13)18-10-5-3-2-4-9(10)17-8/h2-5,8,11H,6-7H2,1H3,(H,14,15,16)/t8-,11-/m0/s1. The number of rotatable bonds is 1. The van der Waals surface area contributed by atoms with Gasteiger partial charge in [-0.1, -0.05) is 23.9 Å². The van der Waals surface area contributed by atoms with Crippen molar-refractivity contribution < 1.29 is 14.3 Å². The Hall–Kier alpha value is -1.69. The van der Waals surface area contributed by atoms with Gasteiger partial charge in [-0.05, 0) is 19.1 Å². The number of aliphatic imine (C=N–C) groups is 1. The molecule has 0 bridgehead atoms. The highest BCUT2D eigenvalue weighted by Crippen LogP contribution is 2.33. The molecule has 1 amide bonds. The number of para-hydroxylation sites is 2. The Balaban J connectivity index is 1.73. The summed E-state index contributed by atoms with van der Waals surface area (Å²) in [5, 5.41) is 3.45. The maximum absolute atomic E-state index is 12.2. The van der Waals surface area contributed by atoms with Crippen LogP contribution in [0.1, 0.15) is 6.92 Å². The summed E-state index contributed by atoms with van der Waals surface area (Å²) in [6.45, 7) is 2.57. The molecule has 1 N–H and O–H groups in total. The topological polar surface area (TPSA) is 59.9 Å². The number of carbonyl (C=O) groups is 1. The molecule has 0 aliphatic carbocycles. The average Bonchev–Trinajstić information content (AvgIpc) is 2.90. The highest BCUT2D eigenvalue weighted by molar-refractivity contribution is 8.14. The molecular weight excluding hydrogens is 264 g/mol. The fourth-order valence-corrected chi connectivity index (χ4v) is 2.72. The molecule has 0 aromatic heterocycles. The molecule has 2 heterocycles. The second kappa shape index (κ2) is 5.13. The van der Waals surface area contributed by atoms with Crippen molar-refractivity contribution in [3.8, 4) is 11.5 Å². The molecule has 1 aromatic rings. The van der Waals surface area contributed by atoms with E-state index in [1.807, 2.05) is 25.1 Å². The maximum Gasteiger partial charge on any atom is 0.270 e. The van der Waals surface area contributed by atoms with Crippen LogP contribution in [0.4, 0.5) is 0 Å². The van der Waals surface area contributed by atoms with Crippen molar-refractivity contribution >= 4 is 22.8 Å². The predicted molar refractivity (Wildman–Crippen MR) is 73.9 cm³/mol. The largest absolute Gasteiger partial charge is 0.482 e. The van der Waals surface area contributed by atoms with Crippen LogP contribution >= 0.6 is 11.8 Å². The van der Waals surface area contributed by atoms with E-state index in [0.717, 1.165) is 12.3 Å². The predicted octanol–water partition coefficient (Wildman–Crippen LogP) is 1.43. The van der Waals surface area contributed by atoms with E-state index in [-0.39, 0.29) is 12.0 Å². The molecule has 100 valence electrons. The van der Waals surface area contributed by atoms with E-state index in [9.17, 15) is 4.79 Å². The van der Waals surface area contributed by atoms with Gasteiger partial charge in [0.05, 0.1) is 6.54 Å².